The summed E-state index contributed by atoms with van der Waals surface area (Å²) < 4.78 is 2.47. The summed E-state index contributed by atoms with van der Waals surface area (Å²) in [4.78, 5) is 19.1. The van der Waals surface area contributed by atoms with Gasteiger partial charge in [0.2, 0.25) is 0 Å². The molecule has 1 aromatic carbocycles. The Morgan fingerprint density at radius 3 is 2.00 bits per heavy atom. The van der Waals surface area contributed by atoms with Crippen molar-refractivity contribution in [2.24, 2.45) is 10.8 Å². The number of piperidine rings is 2. The lowest BCUT2D eigenvalue weighted by Gasteiger charge is -2.66. The molecule has 0 unspecified atom stereocenters. The van der Waals surface area contributed by atoms with Gasteiger partial charge < -0.3 is 4.57 Å². The van der Waals surface area contributed by atoms with Crippen LogP contribution in [0.2, 0.25) is 0 Å². The second-order valence-electron chi connectivity index (χ2n) is 9.83. The summed E-state index contributed by atoms with van der Waals surface area (Å²) in [5.41, 5.74) is 3.93. The van der Waals surface area contributed by atoms with Crippen LogP contribution in [0.15, 0.2) is 24.3 Å². The number of carbonyl (C=O) groups is 1. The minimum atomic E-state index is -0.145. The first-order chi connectivity index (χ1) is 14.0. The van der Waals surface area contributed by atoms with Crippen molar-refractivity contribution in [3.63, 3.8) is 0 Å². The largest absolute Gasteiger partial charge is 0.345 e. The summed E-state index contributed by atoms with van der Waals surface area (Å²) >= 11 is 0. The third-order valence-electron chi connectivity index (χ3n) is 7.99. The van der Waals surface area contributed by atoms with E-state index in [2.05, 4.69) is 66.3 Å². The Morgan fingerprint density at radius 1 is 0.931 bits per heavy atom. The Kier molecular flexibility index (Phi) is 4.45. The van der Waals surface area contributed by atoms with Gasteiger partial charge >= 0.3 is 0 Å². The van der Waals surface area contributed by atoms with Crippen molar-refractivity contribution in [3.05, 3.63) is 35.5 Å². The lowest BCUT2D eigenvalue weighted by atomic mass is 9.57. The first-order valence-electron chi connectivity index (χ1n) is 11.6. The van der Waals surface area contributed by atoms with Crippen LogP contribution < -0.4 is 0 Å². The van der Waals surface area contributed by atoms with Gasteiger partial charge in [-0.25, -0.2) is 0 Å². The molecule has 4 aliphatic heterocycles. The van der Waals surface area contributed by atoms with Crippen LogP contribution in [0.3, 0.4) is 0 Å². The number of hydrogen-bond acceptors (Lipinski definition) is 3. The minimum Gasteiger partial charge on any atom is -0.345 e. The molecule has 0 aliphatic carbocycles. The summed E-state index contributed by atoms with van der Waals surface area (Å²) in [5, 5.41) is 1.39. The van der Waals surface area contributed by atoms with E-state index in [0.29, 0.717) is 11.9 Å². The van der Waals surface area contributed by atoms with Crippen LogP contribution in [0.25, 0.3) is 10.9 Å². The number of Topliss-reactive ketones (excluding diaryl/α,β-unsaturated/α-hetero) is 1. The molecular weight excluding hydrogens is 358 g/mol. The molecule has 4 bridgehead atoms. The fourth-order valence-corrected chi connectivity index (χ4v) is 7.25. The lowest BCUT2D eigenvalue weighted by Crippen LogP contribution is -2.76. The van der Waals surface area contributed by atoms with Crippen LogP contribution in [0.4, 0.5) is 0 Å². The van der Waals surface area contributed by atoms with Gasteiger partial charge in [-0.15, -0.1) is 0 Å². The number of ketones is 1. The Morgan fingerprint density at radius 2 is 1.48 bits per heavy atom. The van der Waals surface area contributed by atoms with Crippen LogP contribution >= 0.6 is 0 Å². The zero-order valence-electron chi connectivity index (χ0n) is 18.5. The number of carbonyl (C=O) groups excluding carboxylic acids is 1. The van der Waals surface area contributed by atoms with E-state index in [4.69, 9.17) is 0 Å². The highest BCUT2D eigenvalue weighted by Gasteiger charge is 2.65. The van der Waals surface area contributed by atoms with Crippen LogP contribution in [-0.4, -0.2) is 46.3 Å². The van der Waals surface area contributed by atoms with E-state index in [9.17, 15) is 4.79 Å². The van der Waals surface area contributed by atoms with Gasteiger partial charge in [-0.2, -0.15) is 0 Å². The lowest BCUT2D eigenvalue weighted by molar-refractivity contribution is -0.205. The monoisotopic (exact) mass is 393 g/mol. The van der Waals surface area contributed by atoms with Crippen molar-refractivity contribution < 1.29 is 4.79 Å². The molecule has 4 heteroatoms. The first kappa shape index (κ1) is 19.3. The molecule has 4 aliphatic rings. The maximum atomic E-state index is 13.7. The molecule has 0 N–H and O–H groups in total. The van der Waals surface area contributed by atoms with E-state index < -0.39 is 0 Å². The van der Waals surface area contributed by atoms with E-state index in [0.717, 1.165) is 58.4 Å². The number of fused-ring (bicyclic) bond motifs is 1. The fourth-order valence-electron chi connectivity index (χ4n) is 7.25. The molecule has 4 saturated heterocycles. The van der Waals surface area contributed by atoms with Crippen molar-refractivity contribution in [2.75, 3.05) is 26.2 Å². The number of aromatic nitrogens is 1. The molecule has 2 aromatic rings. The first-order valence-corrected chi connectivity index (χ1v) is 11.6. The van der Waals surface area contributed by atoms with Crippen LogP contribution in [0, 0.1) is 17.8 Å². The number of benzene rings is 1. The fraction of sp³-hybridized carbons (Fsp3) is 0.640. The highest BCUT2D eigenvalue weighted by molar-refractivity contribution is 5.94. The van der Waals surface area contributed by atoms with E-state index in [1.54, 1.807) is 0 Å². The van der Waals surface area contributed by atoms with Crippen molar-refractivity contribution in [1.29, 1.82) is 0 Å². The Labute approximate surface area is 174 Å². The number of aryl methyl sites for hydroxylation is 1. The highest BCUT2D eigenvalue weighted by Crippen LogP contribution is 2.56. The average Bonchev–Trinajstić information content (AvgIpc) is 2.97. The van der Waals surface area contributed by atoms with Gasteiger partial charge in [0, 0.05) is 54.9 Å². The van der Waals surface area contributed by atoms with Crippen LogP contribution in [0.5, 0.6) is 0 Å². The van der Waals surface area contributed by atoms with Gasteiger partial charge in [0.1, 0.15) is 5.78 Å². The topological polar surface area (TPSA) is 28.5 Å². The van der Waals surface area contributed by atoms with Gasteiger partial charge in [-0.1, -0.05) is 44.9 Å². The summed E-state index contributed by atoms with van der Waals surface area (Å²) in [6, 6.07) is 8.88. The third kappa shape index (κ3) is 2.48. The molecule has 4 fully saturated rings. The zero-order chi connectivity index (χ0) is 20.4. The minimum absolute atomic E-state index is 0.145. The predicted molar refractivity (Wildman–Crippen MR) is 118 cm³/mol. The molecule has 5 heterocycles. The molecule has 0 saturated carbocycles. The van der Waals surface area contributed by atoms with Crippen molar-refractivity contribution >= 4 is 16.7 Å². The zero-order valence-corrected chi connectivity index (χ0v) is 18.5. The van der Waals surface area contributed by atoms with Gasteiger partial charge in [-0.05, 0) is 32.8 Å². The summed E-state index contributed by atoms with van der Waals surface area (Å²) in [6.45, 7) is 13.8. The van der Waals surface area contributed by atoms with Gasteiger partial charge in [0.15, 0.2) is 0 Å². The molecular formula is C25H35N3O. The quantitative estimate of drug-likeness (QED) is 0.709. The smallest absolute Gasteiger partial charge is 0.150 e. The van der Waals surface area contributed by atoms with E-state index in [-0.39, 0.29) is 10.8 Å². The van der Waals surface area contributed by atoms with Crippen molar-refractivity contribution in [1.82, 2.24) is 14.4 Å². The second-order valence-corrected chi connectivity index (χ2v) is 9.83. The highest BCUT2D eigenvalue weighted by atomic mass is 16.1. The molecule has 29 heavy (non-hydrogen) atoms. The average molecular weight is 394 g/mol. The maximum absolute atomic E-state index is 13.7. The maximum Gasteiger partial charge on any atom is 0.150 e. The Bertz CT molecular complexity index is 914. The molecule has 0 spiro atoms. The molecule has 0 atom stereocenters. The SMILES string of the molecule is CCCC12CN3CC(CCC)(CN(C1)C3c1c(C)n(CC)c3ccccc13)C2=O. The standard InChI is InChI=1S/C25H35N3O/c1-5-12-24-14-26-16-25(13-6-2,23(24)29)17-27(15-24)22(26)21-18(4)28(7-3)20-11-9-8-10-19(20)21/h8-11,22H,5-7,12-17H2,1-4H3. The number of nitrogens with zero attached hydrogens (tertiary/aromatic N) is 3. The predicted octanol–water partition coefficient (Wildman–Crippen LogP) is 4.76. The van der Waals surface area contributed by atoms with Crippen LogP contribution in [0.1, 0.15) is 63.9 Å². The van der Waals surface area contributed by atoms with E-state index >= 15 is 0 Å². The number of para-hydroxylation sites is 1. The molecule has 6 rings (SSSR count). The molecule has 4 nitrogen and oxygen atoms in total. The molecule has 1 aromatic heterocycles. The summed E-state index contributed by atoms with van der Waals surface area (Å²) in [7, 11) is 0. The second kappa shape index (κ2) is 6.68. The Hall–Kier alpha value is -1.65. The van der Waals surface area contributed by atoms with E-state index in [1.165, 1.54) is 22.2 Å². The Balaban J connectivity index is 1.64. The van der Waals surface area contributed by atoms with Crippen molar-refractivity contribution in [3.8, 4) is 0 Å². The van der Waals surface area contributed by atoms with E-state index in [1.807, 2.05) is 0 Å². The molecule has 156 valence electrons. The normalized spacial score (nSPS) is 35.7. The third-order valence-corrected chi connectivity index (χ3v) is 7.99. The number of rotatable bonds is 6. The summed E-state index contributed by atoms with van der Waals surface area (Å²) in [5.74, 6) is 0.590. The molecule has 0 amide bonds. The van der Waals surface area contributed by atoms with Crippen molar-refractivity contribution in [2.45, 2.75) is 66.1 Å². The summed E-state index contributed by atoms with van der Waals surface area (Å²) in [6.07, 6.45) is 4.57. The molecule has 0 radical (unpaired) electrons. The number of hydrogen-bond donors (Lipinski definition) is 0. The van der Waals surface area contributed by atoms with Gasteiger partial charge in [-0.3, -0.25) is 14.6 Å². The van der Waals surface area contributed by atoms with Gasteiger partial charge in [0.25, 0.3) is 0 Å². The van der Waals surface area contributed by atoms with Gasteiger partial charge in [0.05, 0.1) is 17.0 Å². The van der Waals surface area contributed by atoms with Crippen LogP contribution in [-0.2, 0) is 11.3 Å².